The van der Waals surface area contributed by atoms with Crippen molar-refractivity contribution in [2.45, 2.75) is 0 Å². The zero-order valence-electron chi connectivity index (χ0n) is 35.9. The monoisotopic (exact) mass is 837 g/mol. The van der Waals surface area contributed by atoms with Crippen LogP contribution in [0, 0.1) is 0 Å². The quantitative estimate of drug-likeness (QED) is 0.157. The molecular formula is C63H39N3. The highest BCUT2D eigenvalue weighted by Crippen LogP contribution is 2.43. The number of hydrogen-bond acceptors (Lipinski definition) is 3. The van der Waals surface area contributed by atoms with Crippen molar-refractivity contribution in [2.24, 2.45) is 0 Å². The van der Waals surface area contributed by atoms with Crippen LogP contribution < -0.4 is 0 Å². The molecular weight excluding hydrogens is 799 g/mol. The van der Waals surface area contributed by atoms with Gasteiger partial charge in [-0.15, -0.1) is 0 Å². The molecule has 0 aliphatic rings. The molecule has 2 heterocycles. The summed E-state index contributed by atoms with van der Waals surface area (Å²) in [7, 11) is 0. The van der Waals surface area contributed by atoms with Crippen molar-refractivity contribution in [1.82, 2.24) is 15.0 Å². The van der Waals surface area contributed by atoms with Gasteiger partial charge in [-0.1, -0.05) is 188 Å². The normalized spacial score (nSPS) is 11.6. The Morgan fingerprint density at radius 1 is 0.242 bits per heavy atom. The van der Waals surface area contributed by atoms with Crippen molar-refractivity contribution in [3.05, 3.63) is 237 Å². The number of para-hydroxylation sites is 1. The molecule has 0 unspecified atom stereocenters. The molecule has 0 saturated heterocycles. The lowest BCUT2D eigenvalue weighted by molar-refractivity contribution is 1.18. The van der Waals surface area contributed by atoms with Crippen molar-refractivity contribution < 1.29 is 0 Å². The topological polar surface area (TPSA) is 38.7 Å². The van der Waals surface area contributed by atoms with Crippen LogP contribution in [0.2, 0.25) is 0 Å². The van der Waals surface area contributed by atoms with Crippen molar-refractivity contribution in [2.75, 3.05) is 0 Å². The Labute approximate surface area is 382 Å². The molecule has 2 aromatic heterocycles. The number of rotatable bonds is 6. The highest BCUT2D eigenvalue weighted by atomic mass is 14.9. The van der Waals surface area contributed by atoms with Crippen LogP contribution in [0.4, 0.5) is 0 Å². The zero-order valence-corrected chi connectivity index (χ0v) is 35.9. The Bertz CT molecular complexity index is 3980. The molecule has 0 amide bonds. The first-order valence-corrected chi connectivity index (χ1v) is 22.5. The molecule has 66 heavy (non-hydrogen) atoms. The summed E-state index contributed by atoms with van der Waals surface area (Å²) >= 11 is 0. The predicted octanol–water partition coefficient (Wildman–Crippen LogP) is 16.8. The number of benzene rings is 11. The molecule has 0 aliphatic heterocycles. The molecule has 0 radical (unpaired) electrons. The molecule has 0 bridgehead atoms. The third kappa shape index (κ3) is 6.56. The van der Waals surface area contributed by atoms with Crippen molar-refractivity contribution >= 4 is 64.8 Å². The Morgan fingerprint density at radius 2 is 0.712 bits per heavy atom. The van der Waals surface area contributed by atoms with Gasteiger partial charge >= 0.3 is 0 Å². The summed E-state index contributed by atoms with van der Waals surface area (Å²) in [4.78, 5) is 15.9. The van der Waals surface area contributed by atoms with Crippen molar-refractivity contribution in [1.29, 1.82) is 0 Å². The molecule has 0 aliphatic carbocycles. The summed E-state index contributed by atoms with van der Waals surface area (Å²) in [6.45, 7) is 0. The highest BCUT2D eigenvalue weighted by molar-refractivity contribution is 6.25. The summed E-state index contributed by atoms with van der Waals surface area (Å²) in [5, 5.41) is 13.1. The highest BCUT2D eigenvalue weighted by Gasteiger charge is 2.18. The predicted molar refractivity (Wildman–Crippen MR) is 277 cm³/mol. The van der Waals surface area contributed by atoms with E-state index in [-0.39, 0.29) is 0 Å². The number of pyridine rings is 1. The van der Waals surface area contributed by atoms with E-state index in [1.165, 1.54) is 48.7 Å². The lowest BCUT2D eigenvalue weighted by atomic mass is 9.89. The molecule has 0 N–H and O–H groups in total. The van der Waals surface area contributed by atoms with Gasteiger partial charge in [0.25, 0.3) is 0 Å². The summed E-state index contributed by atoms with van der Waals surface area (Å²) in [5.74, 6) is 0.697. The number of nitrogens with zero attached hydrogens (tertiary/aromatic N) is 3. The Morgan fingerprint density at radius 3 is 1.38 bits per heavy atom. The maximum absolute atomic E-state index is 5.39. The van der Waals surface area contributed by atoms with Crippen molar-refractivity contribution in [3.63, 3.8) is 0 Å². The molecule has 3 heteroatoms. The maximum atomic E-state index is 5.39. The first-order valence-electron chi connectivity index (χ1n) is 22.5. The lowest BCUT2D eigenvalue weighted by Gasteiger charge is -2.17. The Kier molecular flexibility index (Phi) is 8.85. The first kappa shape index (κ1) is 37.7. The maximum Gasteiger partial charge on any atom is 0.160 e. The van der Waals surface area contributed by atoms with Crippen LogP contribution >= 0.6 is 0 Å². The summed E-state index contributed by atoms with van der Waals surface area (Å²) in [6, 6.07) is 84.9. The van der Waals surface area contributed by atoms with Crippen molar-refractivity contribution in [3.8, 4) is 67.4 Å². The first-order chi connectivity index (χ1) is 32.7. The zero-order chi connectivity index (χ0) is 43.6. The van der Waals surface area contributed by atoms with Crippen LogP contribution in [-0.4, -0.2) is 15.0 Å². The van der Waals surface area contributed by atoms with Gasteiger partial charge in [0.2, 0.25) is 0 Å². The van der Waals surface area contributed by atoms with Gasteiger partial charge in [-0.05, 0) is 114 Å². The second-order valence-corrected chi connectivity index (χ2v) is 17.2. The van der Waals surface area contributed by atoms with Crippen LogP contribution in [0.25, 0.3) is 132 Å². The van der Waals surface area contributed by atoms with E-state index in [9.17, 15) is 0 Å². The van der Waals surface area contributed by atoms with Crippen LogP contribution in [0.1, 0.15) is 0 Å². The SMILES string of the molecule is c1cc(-c2cccc(-c3cc4c(-c5ccc6ccccc6c5)nc5ccccc5c4c4ccccc34)c2)cc(-c2cc(-c3ccc4ccccc4c3)nc(-c3ccc4ccccc4c3)n2)c1. The third-order valence-electron chi connectivity index (χ3n) is 13.2. The Balaban J connectivity index is 0.959. The van der Waals surface area contributed by atoms with E-state index in [2.05, 4.69) is 237 Å². The minimum absolute atomic E-state index is 0.697. The number of hydrogen-bond donors (Lipinski definition) is 0. The fourth-order valence-electron chi connectivity index (χ4n) is 9.88. The third-order valence-corrected chi connectivity index (χ3v) is 13.2. The van der Waals surface area contributed by atoms with Crippen LogP contribution in [-0.2, 0) is 0 Å². The van der Waals surface area contributed by atoms with Crippen LogP contribution in [0.15, 0.2) is 237 Å². The average molecular weight is 838 g/mol. The second kappa shape index (κ2) is 15.5. The minimum Gasteiger partial charge on any atom is -0.247 e. The van der Waals surface area contributed by atoms with Gasteiger partial charge in [-0.3, -0.25) is 0 Å². The summed E-state index contributed by atoms with van der Waals surface area (Å²) < 4.78 is 0. The number of fused-ring (bicyclic) bond motifs is 8. The van der Waals surface area contributed by atoms with E-state index < -0.39 is 0 Å². The molecule has 3 nitrogen and oxygen atoms in total. The van der Waals surface area contributed by atoms with E-state index >= 15 is 0 Å². The molecule has 306 valence electrons. The van der Waals surface area contributed by atoms with Gasteiger partial charge in [0.1, 0.15) is 0 Å². The largest absolute Gasteiger partial charge is 0.247 e. The molecule has 11 aromatic carbocycles. The molecule has 0 atom stereocenters. The summed E-state index contributed by atoms with van der Waals surface area (Å²) in [6.07, 6.45) is 0. The van der Waals surface area contributed by atoms with E-state index in [1.54, 1.807) is 0 Å². The van der Waals surface area contributed by atoms with Gasteiger partial charge < -0.3 is 0 Å². The van der Waals surface area contributed by atoms with Gasteiger partial charge in [0, 0.05) is 38.4 Å². The lowest BCUT2D eigenvalue weighted by Crippen LogP contribution is -1.96. The molecule has 0 fully saturated rings. The standard InChI is InChI=1S/C63H39N3/c1-4-16-43-34-50(30-27-40(43)13-1)60-39-59(65-63(66-60)52-32-29-42-15-3-6-18-45(42)37-52)49-22-12-20-47(35-49)46-19-11-21-48(33-46)56-38-57-61(54-24-8-7-23-53(54)56)55-25-9-10-26-58(55)64-62(57)51-31-28-41-14-2-5-17-44(41)36-51/h1-39H. The molecule has 13 rings (SSSR count). The molecule has 0 saturated carbocycles. The van der Waals surface area contributed by atoms with E-state index in [1.807, 2.05) is 0 Å². The smallest absolute Gasteiger partial charge is 0.160 e. The van der Waals surface area contributed by atoms with Crippen LogP contribution in [0.3, 0.4) is 0 Å². The minimum atomic E-state index is 0.697. The fraction of sp³-hybridized carbons (Fsp3) is 0. The molecule has 0 spiro atoms. The van der Waals surface area contributed by atoms with Gasteiger partial charge in [0.15, 0.2) is 5.82 Å². The number of aromatic nitrogens is 3. The van der Waals surface area contributed by atoms with E-state index in [0.717, 1.165) is 77.7 Å². The van der Waals surface area contributed by atoms with Gasteiger partial charge in [-0.2, -0.15) is 0 Å². The summed E-state index contributed by atoms with van der Waals surface area (Å²) in [5.41, 5.74) is 12.5. The fourth-order valence-corrected chi connectivity index (χ4v) is 9.88. The van der Waals surface area contributed by atoms with Gasteiger partial charge in [-0.25, -0.2) is 15.0 Å². The van der Waals surface area contributed by atoms with E-state index in [4.69, 9.17) is 15.0 Å². The molecule has 13 aromatic rings. The Hall–Kier alpha value is -8.79. The van der Waals surface area contributed by atoms with E-state index in [0.29, 0.717) is 5.82 Å². The average Bonchev–Trinajstić information content (AvgIpc) is 3.39. The van der Waals surface area contributed by atoms with Crippen LogP contribution in [0.5, 0.6) is 0 Å². The van der Waals surface area contributed by atoms with Gasteiger partial charge in [0.05, 0.1) is 22.6 Å². The second-order valence-electron chi connectivity index (χ2n) is 17.2.